The molecule has 0 aromatic heterocycles. The Bertz CT molecular complexity index is 766. The van der Waals surface area contributed by atoms with Crippen LogP contribution in [0.1, 0.15) is 43.9 Å². The molecule has 0 aliphatic heterocycles. The molecule has 0 heterocycles. The zero-order valence-corrected chi connectivity index (χ0v) is 16.8. The van der Waals surface area contributed by atoms with Crippen LogP contribution in [0, 0.1) is 12.8 Å². The highest BCUT2D eigenvalue weighted by molar-refractivity contribution is 5.93. The summed E-state index contributed by atoms with van der Waals surface area (Å²) in [4.78, 5) is 26.3. The van der Waals surface area contributed by atoms with Gasteiger partial charge in [0, 0.05) is 18.7 Å². The van der Waals surface area contributed by atoms with Crippen molar-refractivity contribution >= 4 is 17.5 Å². The molecule has 0 unspecified atom stereocenters. The first-order valence-electron chi connectivity index (χ1n) is 9.60. The predicted molar refractivity (Wildman–Crippen MR) is 111 cm³/mol. The molecule has 0 radical (unpaired) electrons. The van der Waals surface area contributed by atoms with Gasteiger partial charge >= 0.3 is 0 Å². The number of carbonyl (C=O) groups is 2. The molecule has 0 aliphatic carbocycles. The van der Waals surface area contributed by atoms with E-state index in [9.17, 15) is 9.59 Å². The molecule has 0 spiro atoms. The Kier molecular flexibility index (Phi) is 7.59. The van der Waals surface area contributed by atoms with Crippen LogP contribution in [0.3, 0.4) is 0 Å². The Morgan fingerprint density at radius 2 is 1.74 bits per heavy atom. The third kappa shape index (κ3) is 6.55. The van der Waals surface area contributed by atoms with E-state index in [1.54, 1.807) is 4.90 Å². The lowest BCUT2D eigenvalue weighted by molar-refractivity contribution is -0.120. The lowest BCUT2D eigenvalue weighted by Crippen LogP contribution is -2.30. The van der Waals surface area contributed by atoms with Crippen LogP contribution in [0.4, 0.5) is 5.69 Å². The second-order valence-electron chi connectivity index (χ2n) is 7.36. The molecule has 0 aliphatic rings. The molecule has 0 atom stereocenters. The molecule has 144 valence electrons. The summed E-state index contributed by atoms with van der Waals surface area (Å²) in [7, 11) is 0. The van der Waals surface area contributed by atoms with Crippen LogP contribution < -0.4 is 10.2 Å². The molecule has 2 aromatic carbocycles. The second-order valence-corrected chi connectivity index (χ2v) is 7.36. The topological polar surface area (TPSA) is 49.4 Å². The van der Waals surface area contributed by atoms with E-state index in [0.717, 1.165) is 16.8 Å². The van der Waals surface area contributed by atoms with Gasteiger partial charge in [-0.3, -0.25) is 9.59 Å². The molecular formula is C23H30N2O2. The summed E-state index contributed by atoms with van der Waals surface area (Å²) in [5, 5.41) is 2.93. The van der Waals surface area contributed by atoms with Crippen molar-refractivity contribution in [1.29, 1.82) is 0 Å². The normalized spacial score (nSPS) is 10.7. The van der Waals surface area contributed by atoms with Gasteiger partial charge in [-0.2, -0.15) is 0 Å². The monoisotopic (exact) mass is 366 g/mol. The summed E-state index contributed by atoms with van der Waals surface area (Å²) in [5.74, 6) is 0.545. The Morgan fingerprint density at radius 1 is 1.04 bits per heavy atom. The minimum Gasteiger partial charge on any atom is -0.356 e. The van der Waals surface area contributed by atoms with Gasteiger partial charge in [-0.25, -0.2) is 0 Å². The number of rotatable bonds is 8. The van der Waals surface area contributed by atoms with Crippen molar-refractivity contribution in [2.75, 3.05) is 11.4 Å². The molecule has 2 rings (SSSR count). The van der Waals surface area contributed by atoms with E-state index in [0.29, 0.717) is 31.8 Å². The van der Waals surface area contributed by atoms with Crippen LogP contribution in [0.2, 0.25) is 0 Å². The molecule has 0 saturated heterocycles. The van der Waals surface area contributed by atoms with Gasteiger partial charge in [0.25, 0.3) is 0 Å². The highest BCUT2D eigenvalue weighted by Crippen LogP contribution is 2.20. The van der Waals surface area contributed by atoms with Crippen LogP contribution in [-0.2, 0) is 22.6 Å². The standard InChI is InChI=1S/C23H30N2O2/c1-5-23(27)25(16-20-8-6-7-18(4)13-20)21-11-9-19(10-12-21)14-22(26)24-15-17(2)3/h6-13,17H,5,14-16H2,1-4H3,(H,24,26). The van der Waals surface area contributed by atoms with Gasteiger partial charge in [-0.05, 0) is 36.1 Å². The Hall–Kier alpha value is -2.62. The zero-order valence-electron chi connectivity index (χ0n) is 16.8. The second kappa shape index (κ2) is 9.91. The van der Waals surface area contributed by atoms with Crippen LogP contribution in [-0.4, -0.2) is 18.4 Å². The van der Waals surface area contributed by atoms with Crippen LogP contribution in [0.15, 0.2) is 48.5 Å². The van der Waals surface area contributed by atoms with Crippen molar-refractivity contribution in [3.05, 3.63) is 65.2 Å². The van der Waals surface area contributed by atoms with Crippen molar-refractivity contribution < 1.29 is 9.59 Å². The van der Waals surface area contributed by atoms with Gasteiger partial charge < -0.3 is 10.2 Å². The first-order valence-corrected chi connectivity index (χ1v) is 9.60. The Balaban J connectivity index is 2.10. The minimum absolute atomic E-state index is 0.0256. The van der Waals surface area contributed by atoms with Crippen LogP contribution in [0.5, 0.6) is 0 Å². The fraction of sp³-hybridized carbons (Fsp3) is 0.391. The Morgan fingerprint density at radius 3 is 2.33 bits per heavy atom. The van der Waals surface area contributed by atoms with Crippen molar-refractivity contribution in [3.63, 3.8) is 0 Å². The smallest absolute Gasteiger partial charge is 0.227 e. The molecular weight excluding hydrogens is 336 g/mol. The first-order chi connectivity index (χ1) is 12.9. The maximum atomic E-state index is 12.5. The van der Waals surface area contributed by atoms with Crippen LogP contribution >= 0.6 is 0 Å². The summed E-state index contributed by atoms with van der Waals surface area (Å²) in [6.45, 7) is 9.30. The summed E-state index contributed by atoms with van der Waals surface area (Å²) in [6.07, 6.45) is 0.803. The van der Waals surface area contributed by atoms with Gasteiger partial charge in [0.2, 0.25) is 11.8 Å². The van der Waals surface area contributed by atoms with Crippen molar-refractivity contribution in [2.24, 2.45) is 5.92 Å². The van der Waals surface area contributed by atoms with Gasteiger partial charge in [0.15, 0.2) is 0 Å². The van der Waals surface area contributed by atoms with E-state index in [1.807, 2.05) is 43.3 Å². The number of hydrogen-bond donors (Lipinski definition) is 1. The number of nitrogens with one attached hydrogen (secondary N) is 1. The van der Waals surface area contributed by atoms with E-state index < -0.39 is 0 Å². The predicted octanol–water partition coefficient (Wildman–Crippen LogP) is 4.25. The average Bonchev–Trinajstić information content (AvgIpc) is 2.65. The quantitative estimate of drug-likeness (QED) is 0.759. The number of hydrogen-bond acceptors (Lipinski definition) is 2. The number of carbonyl (C=O) groups excluding carboxylic acids is 2. The number of anilines is 1. The van der Waals surface area contributed by atoms with E-state index in [1.165, 1.54) is 5.56 Å². The van der Waals surface area contributed by atoms with Crippen molar-refractivity contribution in [2.45, 2.75) is 47.1 Å². The van der Waals surface area contributed by atoms with E-state index in [4.69, 9.17) is 0 Å². The van der Waals surface area contributed by atoms with Crippen molar-refractivity contribution in [3.8, 4) is 0 Å². The first kappa shape index (κ1) is 20.7. The molecule has 2 amide bonds. The summed E-state index contributed by atoms with van der Waals surface area (Å²) < 4.78 is 0. The number of aryl methyl sites for hydroxylation is 1. The number of nitrogens with zero attached hydrogens (tertiary/aromatic N) is 1. The Labute approximate surface area is 162 Å². The number of benzene rings is 2. The molecule has 0 fully saturated rings. The molecule has 4 nitrogen and oxygen atoms in total. The lowest BCUT2D eigenvalue weighted by atomic mass is 10.1. The van der Waals surface area contributed by atoms with Gasteiger partial charge in [0.05, 0.1) is 13.0 Å². The minimum atomic E-state index is 0.0256. The molecule has 0 bridgehead atoms. The summed E-state index contributed by atoms with van der Waals surface area (Å²) in [5.41, 5.74) is 4.09. The SMILES string of the molecule is CCC(=O)N(Cc1cccc(C)c1)c1ccc(CC(=O)NCC(C)C)cc1. The maximum Gasteiger partial charge on any atom is 0.227 e. The third-order valence-corrected chi connectivity index (χ3v) is 4.35. The van der Waals surface area contributed by atoms with Gasteiger partial charge in [-0.1, -0.05) is 62.7 Å². The highest BCUT2D eigenvalue weighted by atomic mass is 16.2. The average molecular weight is 367 g/mol. The zero-order chi connectivity index (χ0) is 19.8. The summed E-state index contributed by atoms with van der Waals surface area (Å²) >= 11 is 0. The van der Waals surface area contributed by atoms with Crippen LogP contribution in [0.25, 0.3) is 0 Å². The van der Waals surface area contributed by atoms with E-state index in [-0.39, 0.29) is 11.8 Å². The third-order valence-electron chi connectivity index (χ3n) is 4.35. The van der Waals surface area contributed by atoms with Crippen molar-refractivity contribution in [1.82, 2.24) is 5.32 Å². The van der Waals surface area contributed by atoms with E-state index in [2.05, 4.69) is 38.2 Å². The number of amides is 2. The molecule has 0 saturated carbocycles. The fourth-order valence-electron chi connectivity index (χ4n) is 2.87. The van der Waals surface area contributed by atoms with Gasteiger partial charge in [0.1, 0.15) is 0 Å². The molecule has 27 heavy (non-hydrogen) atoms. The summed E-state index contributed by atoms with van der Waals surface area (Å²) in [6, 6.07) is 15.9. The lowest BCUT2D eigenvalue weighted by Gasteiger charge is -2.23. The fourth-order valence-corrected chi connectivity index (χ4v) is 2.87. The molecule has 1 N–H and O–H groups in total. The van der Waals surface area contributed by atoms with Gasteiger partial charge in [-0.15, -0.1) is 0 Å². The van der Waals surface area contributed by atoms with E-state index >= 15 is 0 Å². The maximum absolute atomic E-state index is 12.5. The molecule has 2 aromatic rings. The largest absolute Gasteiger partial charge is 0.356 e. The highest BCUT2D eigenvalue weighted by Gasteiger charge is 2.15. The molecule has 4 heteroatoms.